The predicted molar refractivity (Wildman–Crippen MR) is 83.8 cm³/mol. The molecule has 3 unspecified atom stereocenters. The summed E-state index contributed by atoms with van der Waals surface area (Å²) in [5.74, 6) is 1.96. The van der Waals surface area contributed by atoms with Crippen LogP contribution in [0.5, 0.6) is 0 Å². The van der Waals surface area contributed by atoms with Crippen molar-refractivity contribution < 1.29 is 0 Å². The first-order valence-corrected chi connectivity index (χ1v) is 8.39. The zero-order valence-corrected chi connectivity index (χ0v) is 12.9. The summed E-state index contributed by atoms with van der Waals surface area (Å²) in [6.07, 6.45) is 8.77. The van der Waals surface area contributed by atoms with Crippen molar-refractivity contribution in [1.82, 2.24) is 5.32 Å². The van der Waals surface area contributed by atoms with Crippen molar-refractivity contribution in [2.45, 2.75) is 56.9 Å². The lowest BCUT2D eigenvalue weighted by Gasteiger charge is -2.64. The van der Waals surface area contributed by atoms with Crippen molar-refractivity contribution in [3.05, 3.63) is 35.9 Å². The van der Waals surface area contributed by atoms with E-state index in [1.165, 1.54) is 38.5 Å². The molecule has 1 N–H and O–H groups in total. The zero-order valence-electron chi connectivity index (χ0n) is 12.9. The van der Waals surface area contributed by atoms with Gasteiger partial charge in [0, 0.05) is 6.04 Å². The summed E-state index contributed by atoms with van der Waals surface area (Å²) in [4.78, 5) is 0. The first-order valence-electron chi connectivity index (χ1n) is 8.39. The maximum Gasteiger partial charge on any atom is 0.00927 e. The smallest absolute Gasteiger partial charge is 0.00927 e. The summed E-state index contributed by atoms with van der Waals surface area (Å²) in [5.41, 5.74) is 2.69. The molecule has 4 aliphatic carbocycles. The molecule has 4 fully saturated rings. The third kappa shape index (κ3) is 1.72. The van der Waals surface area contributed by atoms with Gasteiger partial charge in [-0.2, -0.15) is 0 Å². The van der Waals surface area contributed by atoms with Gasteiger partial charge in [-0.25, -0.2) is 0 Å². The highest BCUT2D eigenvalue weighted by atomic mass is 14.9. The van der Waals surface area contributed by atoms with E-state index in [1.54, 1.807) is 5.56 Å². The highest BCUT2D eigenvalue weighted by Crippen LogP contribution is 2.66. The van der Waals surface area contributed by atoms with Crippen molar-refractivity contribution in [2.24, 2.45) is 17.3 Å². The van der Waals surface area contributed by atoms with Gasteiger partial charge < -0.3 is 5.32 Å². The number of hydrogen-bond acceptors (Lipinski definition) is 1. The van der Waals surface area contributed by atoms with Gasteiger partial charge in [0.15, 0.2) is 0 Å². The molecule has 0 saturated heterocycles. The van der Waals surface area contributed by atoms with Crippen molar-refractivity contribution in [1.29, 1.82) is 0 Å². The van der Waals surface area contributed by atoms with Gasteiger partial charge in [-0.15, -0.1) is 0 Å². The van der Waals surface area contributed by atoms with Crippen LogP contribution < -0.4 is 5.32 Å². The molecule has 1 heteroatoms. The molecule has 0 amide bonds. The second-order valence-electron chi connectivity index (χ2n) is 7.98. The van der Waals surface area contributed by atoms with Crippen molar-refractivity contribution in [3.63, 3.8) is 0 Å². The van der Waals surface area contributed by atoms with Crippen LogP contribution in [-0.4, -0.2) is 13.1 Å². The van der Waals surface area contributed by atoms with E-state index in [1.807, 2.05) is 0 Å². The molecule has 4 saturated carbocycles. The van der Waals surface area contributed by atoms with Gasteiger partial charge in [0.05, 0.1) is 0 Å². The fraction of sp³-hybridized carbons (Fsp3) is 0.684. The lowest BCUT2D eigenvalue weighted by Crippen LogP contribution is -2.59. The normalized spacial score (nSPS) is 43.7. The minimum absolute atomic E-state index is 0.496. The number of rotatable bonds is 3. The lowest BCUT2D eigenvalue weighted by atomic mass is 9.41. The Morgan fingerprint density at radius 1 is 1.05 bits per heavy atom. The van der Waals surface area contributed by atoms with Crippen LogP contribution in [-0.2, 0) is 5.41 Å². The monoisotopic (exact) mass is 269 g/mol. The van der Waals surface area contributed by atoms with Gasteiger partial charge in [0.1, 0.15) is 0 Å². The van der Waals surface area contributed by atoms with Crippen LogP contribution in [0.1, 0.15) is 51.0 Å². The van der Waals surface area contributed by atoms with Gasteiger partial charge in [-0.3, -0.25) is 0 Å². The summed E-state index contributed by atoms with van der Waals surface area (Å²) in [6.45, 7) is 2.42. The zero-order chi connectivity index (χ0) is 13.8. The predicted octanol–water partition coefficient (Wildman–Crippen LogP) is 4.13. The Labute approximate surface area is 123 Å². The third-order valence-corrected chi connectivity index (χ3v) is 6.84. The molecule has 108 valence electrons. The molecule has 1 nitrogen and oxygen atoms in total. The minimum Gasteiger partial charge on any atom is -0.317 e. The molecule has 0 spiro atoms. The minimum atomic E-state index is 0.496. The lowest BCUT2D eigenvalue weighted by molar-refractivity contribution is -0.0869. The molecule has 0 heterocycles. The molecule has 0 radical (unpaired) electrons. The van der Waals surface area contributed by atoms with Gasteiger partial charge >= 0.3 is 0 Å². The van der Waals surface area contributed by atoms with E-state index in [2.05, 4.69) is 49.6 Å². The van der Waals surface area contributed by atoms with E-state index in [9.17, 15) is 0 Å². The Kier molecular flexibility index (Phi) is 2.79. The van der Waals surface area contributed by atoms with E-state index in [-0.39, 0.29) is 0 Å². The van der Waals surface area contributed by atoms with E-state index < -0.39 is 0 Å². The standard InChI is InChI=1S/C19H27N/c1-14(20-2)18-9-15-8-16(10-18)12-19(11-15,13-18)17-6-4-3-5-7-17/h3-7,14-16,20H,8-13H2,1-2H3. The Morgan fingerprint density at radius 2 is 1.70 bits per heavy atom. The Morgan fingerprint density at radius 3 is 2.30 bits per heavy atom. The van der Waals surface area contributed by atoms with E-state index in [0.29, 0.717) is 16.9 Å². The van der Waals surface area contributed by atoms with Crippen LogP contribution in [0, 0.1) is 17.3 Å². The summed E-state index contributed by atoms with van der Waals surface area (Å²) >= 11 is 0. The summed E-state index contributed by atoms with van der Waals surface area (Å²) < 4.78 is 0. The molecule has 1 aromatic rings. The van der Waals surface area contributed by atoms with Crippen LogP contribution in [0.3, 0.4) is 0 Å². The molecule has 0 aliphatic heterocycles. The second-order valence-corrected chi connectivity index (χ2v) is 7.98. The van der Waals surface area contributed by atoms with Crippen LogP contribution in [0.15, 0.2) is 30.3 Å². The molecule has 1 aromatic carbocycles. The maximum absolute atomic E-state index is 3.59. The third-order valence-electron chi connectivity index (χ3n) is 6.84. The van der Waals surface area contributed by atoms with Gasteiger partial charge in [-0.1, -0.05) is 30.3 Å². The van der Waals surface area contributed by atoms with Crippen LogP contribution in [0.2, 0.25) is 0 Å². The fourth-order valence-electron chi connectivity index (χ4n) is 6.28. The highest BCUT2D eigenvalue weighted by Gasteiger charge is 2.59. The molecule has 4 bridgehead atoms. The largest absolute Gasteiger partial charge is 0.317 e. The van der Waals surface area contributed by atoms with Crippen LogP contribution >= 0.6 is 0 Å². The molecule has 0 aromatic heterocycles. The van der Waals surface area contributed by atoms with E-state index >= 15 is 0 Å². The first-order chi connectivity index (χ1) is 9.66. The number of hydrogen-bond donors (Lipinski definition) is 1. The number of benzene rings is 1. The topological polar surface area (TPSA) is 12.0 Å². The van der Waals surface area contributed by atoms with E-state index in [4.69, 9.17) is 0 Å². The SMILES string of the molecule is CNC(C)C12CC3CC(CC(c4ccccc4)(C3)C1)C2. The Hall–Kier alpha value is -0.820. The maximum atomic E-state index is 3.59. The van der Waals surface area contributed by atoms with Gasteiger partial charge in [0.25, 0.3) is 0 Å². The summed E-state index contributed by atoms with van der Waals surface area (Å²) in [6, 6.07) is 12.1. The van der Waals surface area contributed by atoms with Crippen molar-refractivity contribution >= 4 is 0 Å². The molecule has 4 aliphatic rings. The second kappa shape index (κ2) is 4.34. The van der Waals surface area contributed by atoms with Crippen molar-refractivity contribution in [2.75, 3.05) is 7.05 Å². The summed E-state index contributed by atoms with van der Waals surface area (Å²) in [7, 11) is 2.15. The average Bonchev–Trinajstić information content (AvgIpc) is 2.46. The first kappa shape index (κ1) is 12.9. The van der Waals surface area contributed by atoms with Crippen LogP contribution in [0.4, 0.5) is 0 Å². The fourth-order valence-corrected chi connectivity index (χ4v) is 6.28. The molecule has 3 atom stereocenters. The average molecular weight is 269 g/mol. The summed E-state index contributed by atoms with van der Waals surface area (Å²) in [5, 5.41) is 3.59. The van der Waals surface area contributed by atoms with Gasteiger partial charge in [0.2, 0.25) is 0 Å². The molecule has 5 rings (SSSR count). The molecule has 20 heavy (non-hydrogen) atoms. The Balaban J connectivity index is 1.76. The van der Waals surface area contributed by atoms with Crippen LogP contribution in [0.25, 0.3) is 0 Å². The quantitative estimate of drug-likeness (QED) is 0.870. The Bertz CT molecular complexity index is 478. The molecular weight excluding hydrogens is 242 g/mol. The van der Waals surface area contributed by atoms with E-state index in [0.717, 1.165) is 11.8 Å². The van der Waals surface area contributed by atoms with Gasteiger partial charge in [-0.05, 0) is 80.7 Å². The van der Waals surface area contributed by atoms with Crippen molar-refractivity contribution in [3.8, 4) is 0 Å². The molecular formula is C19H27N. The number of nitrogens with one attached hydrogen (secondary N) is 1. The highest BCUT2D eigenvalue weighted by molar-refractivity contribution is 5.30.